The van der Waals surface area contributed by atoms with Crippen LogP contribution in [0.5, 0.6) is 0 Å². The second-order valence-electron chi connectivity index (χ2n) is 3.75. The molecule has 0 atom stereocenters. The molecule has 2 N–H and O–H groups in total. The summed E-state index contributed by atoms with van der Waals surface area (Å²) in [5.74, 6) is 0.596. The van der Waals surface area contributed by atoms with Crippen molar-refractivity contribution in [2.45, 2.75) is 13.8 Å². The maximum absolute atomic E-state index is 5.88. The van der Waals surface area contributed by atoms with Crippen LogP contribution in [0.4, 0.5) is 5.82 Å². The molecule has 1 aromatic carbocycles. The molecule has 15 heavy (non-hydrogen) atoms. The molecule has 2 heteroatoms. The van der Waals surface area contributed by atoms with E-state index in [0.717, 1.165) is 16.7 Å². The van der Waals surface area contributed by atoms with Gasteiger partial charge >= 0.3 is 0 Å². The van der Waals surface area contributed by atoms with Crippen molar-refractivity contribution >= 4 is 5.82 Å². The Morgan fingerprint density at radius 1 is 1.00 bits per heavy atom. The van der Waals surface area contributed by atoms with Crippen LogP contribution in [0, 0.1) is 13.8 Å². The van der Waals surface area contributed by atoms with Gasteiger partial charge in [-0.2, -0.15) is 0 Å². The van der Waals surface area contributed by atoms with E-state index in [0.29, 0.717) is 5.82 Å². The van der Waals surface area contributed by atoms with E-state index in [-0.39, 0.29) is 0 Å². The molecule has 0 aliphatic carbocycles. The Balaban J connectivity index is 2.58. The molecule has 0 unspecified atom stereocenters. The summed E-state index contributed by atoms with van der Waals surface area (Å²) in [6.07, 6.45) is 1.74. The second kappa shape index (κ2) is 3.73. The van der Waals surface area contributed by atoms with Crippen LogP contribution in [0.2, 0.25) is 0 Å². The highest BCUT2D eigenvalue weighted by Crippen LogP contribution is 2.27. The van der Waals surface area contributed by atoms with Crippen molar-refractivity contribution in [1.82, 2.24) is 4.98 Å². The third-order valence-corrected chi connectivity index (χ3v) is 2.53. The molecule has 2 nitrogen and oxygen atoms in total. The fourth-order valence-electron chi connectivity index (χ4n) is 1.68. The number of nitrogens with two attached hydrogens (primary N) is 1. The van der Waals surface area contributed by atoms with Gasteiger partial charge in [-0.15, -0.1) is 0 Å². The van der Waals surface area contributed by atoms with E-state index in [2.05, 4.69) is 36.2 Å². The van der Waals surface area contributed by atoms with Gasteiger partial charge in [-0.1, -0.05) is 29.8 Å². The lowest BCUT2D eigenvalue weighted by atomic mass is 10.0. The highest BCUT2D eigenvalue weighted by Gasteiger charge is 2.05. The minimum Gasteiger partial charge on any atom is -0.383 e. The fourth-order valence-corrected chi connectivity index (χ4v) is 1.68. The topological polar surface area (TPSA) is 38.9 Å². The van der Waals surface area contributed by atoms with Gasteiger partial charge in [0.1, 0.15) is 5.82 Å². The first-order valence-electron chi connectivity index (χ1n) is 4.96. The fraction of sp³-hybridized carbons (Fsp3) is 0.154. The zero-order valence-corrected chi connectivity index (χ0v) is 8.99. The third-order valence-electron chi connectivity index (χ3n) is 2.53. The number of hydrogen-bond acceptors (Lipinski definition) is 2. The number of aryl methyl sites for hydroxylation is 2. The molecule has 0 saturated carbocycles. The van der Waals surface area contributed by atoms with Crippen LogP contribution in [-0.4, -0.2) is 4.98 Å². The Hall–Kier alpha value is -1.83. The molecule has 0 spiro atoms. The van der Waals surface area contributed by atoms with Gasteiger partial charge in [-0.3, -0.25) is 0 Å². The van der Waals surface area contributed by atoms with Crippen LogP contribution in [0.15, 0.2) is 36.5 Å². The van der Waals surface area contributed by atoms with E-state index >= 15 is 0 Å². The van der Waals surface area contributed by atoms with Gasteiger partial charge in [0, 0.05) is 11.8 Å². The van der Waals surface area contributed by atoms with Crippen LogP contribution in [-0.2, 0) is 0 Å². The molecule has 0 bridgehead atoms. The van der Waals surface area contributed by atoms with Gasteiger partial charge in [-0.25, -0.2) is 4.98 Å². The Morgan fingerprint density at radius 3 is 2.27 bits per heavy atom. The molecular weight excluding hydrogens is 184 g/mol. The lowest BCUT2D eigenvalue weighted by Crippen LogP contribution is -1.95. The Labute approximate surface area is 89.8 Å². The quantitative estimate of drug-likeness (QED) is 0.765. The van der Waals surface area contributed by atoms with E-state index in [4.69, 9.17) is 5.73 Å². The highest BCUT2D eigenvalue weighted by molar-refractivity contribution is 5.76. The normalized spacial score (nSPS) is 10.3. The van der Waals surface area contributed by atoms with Crippen LogP contribution >= 0.6 is 0 Å². The molecule has 1 aromatic heterocycles. The second-order valence-corrected chi connectivity index (χ2v) is 3.75. The predicted octanol–water partition coefficient (Wildman–Crippen LogP) is 2.95. The molecule has 0 radical (unpaired) electrons. The zero-order chi connectivity index (χ0) is 10.8. The predicted molar refractivity (Wildman–Crippen MR) is 63.6 cm³/mol. The van der Waals surface area contributed by atoms with Gasteiger partial charge < -0.3 is 5.73 Å². The molecule has 1 heterocycles. The molecular formula is C13H14N2. The summed E-state index contributed by atoms with van der Waals surface area (Å²) < 4.78 is 0. The Kier molecular flexibility index (Phi) is 2.42. The van der Waals surface area contributed by atoms with Gasteiger partial charge in [0.2, 0.25) is 0 Å². The van der Waals surface area contributed by atoms with Gasteiger partial charge in [0.05, 0.1) is 0 Å². The van der Waals surface area contributed by atoms with Crippen molar-refractivity contribution in [3.05, 3.63) is 47.7 Å². The molecule has 76 valence electrons. The summed E-state index contributed by atoms with van der Waals surface area (Å²) in [6.45, 7) is 4.12. The van der Waals surface area contributed by atoms with Crippen LogP contribution in [0.3, 0.4) is 0 Å². The number of rotatable bonds is 1. The van der Waals surface area contributed by atoms with Gasteiger partial charge in [0.25, 0.3) is 0 Å². The zero-order valence-electron chi connectivity index (χ0n) is 8.99. The van der Waals surface area contributed by atoms with Crippen molar-refractivity contribution in [2.24, 2.45) is 0 Å². The minimum atomic E-state index is 0.596. The molecule has 0 fully saturated rings. The maximum Gasteiger partial charge on any atom is 0.131 e. The average molecular weight is 198 g/mol. The summed E-state index contributed by atoms with van der Waals surface area (Å²) in [5, 5.41) is 0. The minimum absolute atomic E-state index is 0.596. The maximum atomic E-state index is 5.88. The molecule has 0 saturated heterocycles. The first kappa shape index (κ1) is 9.71. The lowest BCUT2D eigenvalue weighted by molar-refractivity contribution is 1.29. The summed E-state index contributed by atoms with van der Waals surface area (Å²) in [5.41, 5.74) is 10.5. The third kappa shape index (κ3) is 1.84. The number of hydrogen-bond donors (Lipinski definition) is 1. The number of anilines is 1. The molecule has 2 rings (SSSR count). The number of pyridine rings is 1. The SMILES string of the molecule is Cc1ccc(-c2c(C)ccnc2N)cc1. The standard InChI is InChI=1S/C13H14N2/c1-9-3-5-11(6-4-9)12-10(2)7-8-15-13(12)14/h3-8H,1-2H3,(H2,14,15). The average Bonchev–Trinajstić information content (AvgIpc) is 2.20. The largest absolute Gasteiger partial charge is 0.383 e. The number of nitrogen functional groups attached to an aromatic ring is 1. The Morgan fingerprint density at radius 2 is 1.67 bits per heavy atom. The van der Waals surface area contributed by atoms with Gasteiger partial charge in [0.15, 0.2) is 0 Å². The molecule has 0 aliphatic heterocycles. The smallest absolute Gasteiger partial charge is 0.131 e. The van der Waals surface area contributed by atoms with E-state index in [1.165, 1.54) is 5.56 Å². The summed E-state index contributed by atoms with van der Waals surface area (Å²) in [7, 11) is 0. The number of nitrogens with zero attached hydrogens (tertiary/aromatic N) is 1. The van der Waals surface area contributed by atoms with Crippen molar-refractivity contribution < 1.29 is 0 Å². The Bertz CT molecular complexity index is 452. The van der Waals surface area contributed by atoms with E-state index in [1.54, 1.807) is 6.20 Å². The van der Waals surface area contributed by atoms with Crippen molar-refractivity contribution in [1.29, 1.82) is 0 Å². The summed E-state index contributed by atoms with van der Waals surface area (Å²) in [4.78, 5) is 4.12. The van der Waals surface area contributed by atoms with Crippen molar-refractivity contribution in [3.8, 4) is 11.1 Å². The molecule has 0 amide bonds. The number of aromatic nitrogens is 1. The van der Waals surface area contributed by atoms with Gasteiger partial charge in [-0.05, 0) is 31.0 Å². The van der Waals surface area contributed by atoms with Crippen LogP contribution in [0.25, 0.3) is 11.1 Å². The van der Waals surface area contributed by atoms with Crippen molar-refractivity contribution in [2.75, 3.05) is 5.73 Å². The van der Waals surface area contributed by atoms with Crippen LogP contribution in [0.1, 0.15) is 11.1 Å². The molecule has 0 aliphatic rings. The first-order chi connectivity index (χ1) is 7.18. The van der Waals surface area contributed by atoms with E-state index in [1.807, 2.05) is 13.0 Å². The van der Waals surface area contributed by atoms with E-state index < -0.39 is 0 Å². The summed E-state index contributed by atoms with van der Waals surface area (Å²) >= 11 is 0. The first-order valence-corrected chi connectivity index (χ1v) is 4.96. The summed E-state index contributed by atoms with van der Waals surface area (Å²) in [6, 6.07) is 10.3. The highest BCUT2D eigenvalue weighted by atomic mass is 14.8. The van der Waals surface area contributed by atoms with E-state index in [9.17, 15) is 0 Å². The number of benzene rings is 1. The van der Waals surface area contributed by atoms with Crippen molar-refractivity contribution in [3.63, 3.8) is 0 Å². The monoisotopic (exact) mass is 198 g/mol. The lowest BCUT2D eigenvalue weighted by Gasteiger charge is -2.08. The molecule has 2 aromatic rings. The van der Waals surface area contributed by atoms with Crippen LogP contribution < -0.4 is 5.73 Å².